The number of fused-ring (bicyclic) bond motifs is 3. The smallest absolute Gasteiger partial charge is 0.345 e. The van der Waals surface area contributed by atoms with Gasteiger partial charge in [-0.15, -0.1) is 0 Å². The summed E-state index contributed by atoms with van der Waals surface area (Å²) in [5.74, 6) is 1.01. The zero-order valence-electron chi connectivity index (χ0n) is 19.3. The lowest BCUT2D eigenvalue weighted by Crippen LogP contribution is -2.10. The van der Waals surface area contributed by atoms with E-state index < -0.39 is 11.9 Å². The summed E-state index contributed by atoms with van der Waals surface area (Å²) >= 11 is 0. The molecule has 0 unspecified atom stereocenters. The number of hydrogen-bond acceptors (Lipinski definition) is 9. The molecule has 3 heterocycles. The van der Waals surface area contributed by atoms with Gasteiger partial charge in [-0.1, -0.05) is 0 Å². The number of carbonyl (C=O) groups is 2. The lowest BCUT2D eigenvalue weighted by molar-refractivity contribution is 0.0535. The molecular formula is C27H19NO8. The third-order valence-corrected chi connectivity index (χ3v) is 6.13. The van der Waals surface area contributed by atoms with E-state index in [9.17, 15) is 9.59 Å². The molecule has 3 aromatic carbocycles. The molecule has 0 radical (unpaired) electrons. The SMILES string of the molecule is COc1cc2cc3c(c(-c4cc5c(cc4OC(=O)c4cccnc4)OCO5)c2cc1OC)C(=O)OC3. The van der Waals surface area contributed by atoms with Gasteiger partial charge in [-0.3, -0.25) is 4.98 Å². The van der Waals surface area contributed by atoms with Crippen molar-refractivity contribution < 1.29 is 38.0 Å². The number of methoxy groups -OCH3 is 2. The highest BCUT2D eigenvalue weighted by atomic mass is 16.7. The van der Waals surface area contributed by atoms with Crippen molar-refractivity contribution in [3.05, 3.63) is 71.5 Å². The minimum Gasteiger partial charge on any atom is -0.493 e. The Kier molecular flexibility index (Phi) is 5.10. The van der Waals surface area contributed by atoms with Gasteiger partial charge in [0.15, 0.2) is 23.0 Å². The molecule has 0 spiro atoms. The number of pyridine rings is 1. The standard InChI is InChI=1S/C27H19NO8/c1-31-20-7-15-6-16-12-33-27(30)24(16)25(17(15)8-21(20)32-2)18-9-22-23(35-13-34-22)10-19(18)36-26(29)14-4-3-5-28-11-14/h3-11H,12-13H2,1-2H3. The van der Waals surface area contributed by atoms with Crippen LogP contribution in [0.15, 0.2) is 54.9 Å². The molecule has 0 atom stereocenters. The number of benzene rings is 3. The van der Waals surface area contributed by atoms with Gasteiger partial charge in [-0.05, 0) is 47.2 Å². The van der Waals surface area contributed by atoms with Crippen molar-refractivity contribution in [1.29, 1.82) is 0 Å². The average molecular weight is 485 g/mol. The summed E-state index contributed by atoms with van der Waals surface area (Å²) in [6.07, 6.45) is 2.98. The van der Waals surface area contributed by atoms with Gasteiger partial charge in [0, 0.05) is 35.2 Å². The molecule has 36 heavy (non-hydrogen) atoms. The monoisotopic (exact) mass is 485 g/mol. The maximum Gasteiger partial charge on any atom is 0.345 e. The summed E-state index contributed by atoms with van der Waals surface area (Å²) in [6, 6.07) is 12.0. The zero-order chi connectivity index (χ0) is 24.8. The van der Waals surface area contributed by atoms with Crippen molar-refractivity contribution in [2.24, 2.45) is 0 Å². The fourth-order valence-corrected chi connectivity index (χ4v) is 4.47. The fourth-order valence-electron chi connectivity index (χ4n) is 4.47. The number of aromatic nitrogens is 1. The molecule has 0 bridgehead atoms. The number of ether oxygens (including phenoxy) is 6. The molecule has 1 aromatic heterocycles. The first-order valence-electron chi connectivity index (χ1n) is 11.0. The molecule has 9 nitrogen and oxygen atoms in total. The summed E-state index contributed by atoms with van der Waals surface area (Å²) in [4.78, 5) is 29.9. The Bertz CT molecular complexity index is 1550. The van der Waals surface area contributed by atoms with E-state index in [1.807, 2.05) is 12.1 Å². The van der Waals surface area contributed by atoms with Crippen molar-refractivity contribution in [2.45, 2.75) is 6.61 Å². The molecule has 9 heteroatoms. The Morgan fingerprint density at radius 2 is 1.69 bits per heavy atom. The molecule has 2 aliphatic heterocycles. The first kappa shape index (κ1) is 21.7. The highest BCUT2D eigenvalue weighted by molar-refractivity contribution is 6.12. The van der Waals surface area contributed by atoms with Crippen LogP contribution >= 0.6 is 0 Å². The van der Waals surface area contributed by atoms with Gasteiger partial charge >= 0.3 is 11.9 Å². The second-order valence-corrected chi connectivity index (χ2v) is 8.12. The molecule has 0 N–H and O–H groups in total. The Balaban J connectivity index is 1.63. The Hall–Kier alpha value is -4.79. The molecule has 2 aliphatic rings. The van der Waals surface area contributed by atoms with Crippen LogP contribution in [0.5, 0.6) is 28.7 Å². The van der Waals surface area contributed by atoms with Crippen LogP contribution in [0.25, 0.3) is 21.9 Å². The molecule has 0 fully saturated rings. The minimum absolute atomic E-state index is 0.0233. The second-order valence-electron chi connectivity index (χ2n) is 8.12. The summed E-state index contributed by atoms with van der Waals surface area (Å²) in [5.41, 5.74) is 2.35. The maximum atomic E-state index is 13.0. The quantitative estimate of drug-likeness (QED) is 0.298. The van der Waals surface area contributed by atoms with E-state index >= 15 is 0 Å². The summed E-state index contributed by atoms with van der Waals surface area (Å²) in [7, 11) is 3.09. The number of hydrogen-bond donors (Lipinski definition) is 0. The first-order chi connectivity index (χ1) is 17.6. The maximum absolute atomic E-state index is 13.0. The van der Waals surface area contributed by atoms with E-state index in [1.54, 1.807) is 43.6 Å². The van der Waals surface area contributed by atoms with Gasteiger partial charge < -0.3 is 28.4 Å². The van der Waals surface area contributed by atoms with E-state index in [2.05, 4.69) is 4.98 Å². The van der Waals surface area contributed by atoms with Gasteiger partial charge in [0.25, 0.3) is 0 Å². The molecule has 6 rings (SSSR count). The van der Waals surface area contributed by atoms with Gasteiger partial charge in [0.2, 0.25) is 6.79 Å². The van der Waals surface area contributed by atoms with E-state index in [1.165, 1.54) is 13.3 Å². The van der Waals surface area contributed by atoms with Gasteiger partial charge in [-0.2, -0.15) is 0 Å². The van der Waals surface area contributed by atoms with Crippen molar-refractivity contribution in [3.63, 3.8) is 0 Å². The average Bonchev–Trinajstić information content (AvgIpc) is 3.52. The van der Waals surface area contributed by atoms with Gasteiger partial charge in [-0.25, -0.2) is 9.59 Å². The lowest BCUT2D eigenvalue weighted by Gasteiger charge is -2.17. The fraction of sp³-hybridized carbons (Fsp3) is 0.148. The zero-order valence-corrected chi connectivity index (χ0v) is 19.3. The van der Waals surface area contributed by atoms with Crippen LogP contribution in [0.4, 0.5) is 0 Å². The molecular weight excluding hydrogens is 466 g/mol. The number of nitrogens with zero attached hydrogens (tertiary/aromatic N) is 1. The van der Waals surface area contributed by atoms with Crippen molar-refractivity contribution >= 4 is 22.7 Å². The summed E-state index contributed by atoms with van der Waals surface area (Å²) in [5, 5.41) is 1.48. The van der Waals surface area contributed by atoms with Crippen LogP contribution in [-0.4, -0.2) is 37.9 Å². The number of cyclic esters (lactones) is 1. The van der Waals surface area contributed by atoms with Gasteiger partial charge in [0.1, 0.15) is 12.4 Å². The van der Waals surface area contributed by atoms with Crippen LogP contribution in [-0.2, 0) is 11.3 Å². The molecule has 4 aromatic rings. The Morgan fingerprint density at radius 1 is 0.917 bits per heavy atom. The van der Waals surface area contributed by atoms with Crippen LogP contribution in [0.3, 0.4) is 0 Å². The normalized spacial score (nSPS) is 13.3. The second kappa shape index (κ2) is 8.46. The van der Waals surface area contributed by atoms with Crippen LogP contribution in [0, 0.1) is 0 Å². The van der Waals surface area contributed by atoms with Crippen LogP contribution < -0.4 is 23.7 Å². The molecule has 0 amide bonds. The predicted molar refractivity (Wildman–Crippen MR) is 127 cm³/mol. The number of esters is 2. The van der Waals surface area contributed by atoms with Gasteiger partial charge in [0.05, 0.1) is 25.3 Å². The van der Waals surface area contributed by atoms with Crippen LogP contribution in [0.1, 0.15) is 26.3 Å². The summed E-state index contributed by atoms with van der Waals surface area (Å²) in [6.45, 7) is 0.149. The van der Waals surface area contributed by atoms with E-state index in [0.717, 1.165) is 5.39 Å². The molecule has 0 saturated carbocycles. The van der Waals surface area contributed by atoms with Crippen molar-refractivity contribution in [2.75, 3.05) is 21.0 Å². The largest absolute Gasteiger partial charge is 0.493 e. The van der Waals surface area contributed by atoms with Crippen LogP contribution in [0.2, 0.25) is 0 Å². The molecule has 0 aliphatic carbocycles. The predicted octanol–water partition coefficient (Wildman–Crippen LogP) is 4.54. The molecule has 180 valence electrons. The van der Waals surface area contributed by atoms with Crippen molar-refractivity contribution in [1.82, 2.24) is 4.98 Å². The Morgan fingerprint density at radius 3 is 2.44 bits per heavy atom. The highest BCUT2D eigenvalue weighted by Crippen LogP contribution is 2.49. The third-order valence-electron chi connectivity index (χ3n) is 6.13. The van der Waals surface area contributed by atoms with Crippen molar-refractivity contribution in [3.8, 4) is 39.9 Å². The van der Waals surface area contributed by atoms with E-state index in [-0.39, 0.29) is 24.7 Å². The lowest BCUT2D eigenvalue weighted by atomic mass is 9.89. The van der Waals surface area contributed by atoms with E-state index in [4.69, 9.17) is 28.4 Å². The Labute approximate surface area is 205 Å². The highest BCUT2D eigenvalue weighted by Gasteiger charge is 2.31. The summed E-state index contributed by atoms with van der Waals surface area (Å²) < 4.78 is 33.4. The van der Waals surface area contributed by atoms with E-state index in [0.29, 0.717) is 50.6 Å². The number of rotatable bonds is 5. The third kappa shape index (κ3) is 3.44. The first-order valence-corrected chi connectivity index (χ1v) is 11.0. The number of carbonyl (C=O) groups excluding carboxylic acids is 2. The topological polar surface area (TPSA) is 102 Å². The minimum atomic E-state index is -0.609. The molecule has 0 saturated heterocycles.